The van der Waals surface area contributed by atoms with Crippen molar-refractivity contribution in [3.8, 4) is 0 Å². The maximum atomic E-state index is 12.0. The Kier molecular flexibility index (Phi) is 2.96. The SMILES string of the molecule is CCc1c(CBr)[n+]([O-])c2ccccc2[n+]1[O-]. The minimum atomic E-state index is 0.382. The molecule has 5 heteroatoms. The third-order valence-electron chi connectivity index (χ3n) is 2.60. The van der Waals surface area contributed by atoms with E-state index in [9.17, 15) is 10.4 Å². The molecule has 2 rings (SSSR count). The van der Waals surface area contributed by atoms with Gasteiger partial charge in [0.1, 0.15) is 0 Å². The summed E-state index contributed by atoms with van der Waals surface area (Å²) in [6, 6.07) is 6.82. The molecule has 0 fully saturated rings. The largest absolute Gasteiger partial charge is 0.618 e. The van der Waals surface area contributed by atoms with Gasteiger partial charge in [-0.25, -0.2) is 0 Å². The Hall–Kier alpha value is -1.36. The number of hydrogen-bond acceptors (Lipinski definition) is 2. The van der Waals surface area contributed by atoms with Crippen LogP contribution in [0.2, 0.25) is 0 Å². The lowest BCUT2D eigenvalue weighted by Gasteiger charge is -2.10. The number of halogens is 1. The van der Waals surface area contributed by atoms with Crippen LogP contribution in [0.4, 0.5) is 0 Å². The summed E-state index contributed by atoms with van der Waals surface area (Å²) in [5.41, 5.74) is 1.82. The zero-order valence-electron chi connectivity index (χ0n) is 8.81. The van der Waals surface area contributed by atoms with Crippen molar-refractivity contribution in [1.82, 2.24) is 0 Å². The lowest BCUT2D eigenvalue weighted by Crippen LogP contribution is -2.45. The summed E-state index contributed by atoms with van der Waals surface area (Å²) in [5.74, 6) is 0. The van der Waals surface area contributed by atoms with Crippen LogP contribution in [0.3, 0.4) is 0 Å². The van der Waals surface area contributed by atoms with Gasteiger partial charge in [-0.05, 0) is 0 Å². The van der Waals surface area contributed by atoms with Gasteiger partial charge >= 0.3 is 0 Å². The van der Waals surface area contributed by atoms with Crippen molar-refractivity contribution in [2.75, 3.05) is 0 Å². The number of hydrogen-bond donors (Lipinski definition) is 0. The van der Waals surface area contributed by atoms with Crippen molar-refractivity contribution in [3.63, 3.8) is 0 Å². The standard InChI is InChI=1S/C11H11BrN2O2/c1-2-8-11(7-12)14(16)10-6-4-3-5-9(10)13(8)15/h3-6H,2,7H2,1H3. The van der Waals surface area contributed by atoms with E-state index in [0.717, 1.165) is 9.46 Å². The topological polar surface area (TPSA) is 53.9 Å². The highest BCUT2D eigenvalue weighted by Crippen LogP contribution is 2.11. The molecule has 0 saturated heterocycles. The lowest BCUT2D eigenvalue weighted by atomic mass is 10.2. The minimum absolute atomic E-state index is 0.382. The smallest absolute Gasteiger partial charge is 0.290 e. The van der Waals surface area contributed by atoms with Crippen molar-refractivity contribution in [2.24, 2.45) is 0 Å². The van der Waals surface area contributed by atoms with E-state index in [4.69, 9.17) is 0 Å². The van der Waals surface area contributed by atoms with Gasteiger partial charge in [-0.2, -0.15) is 9.46 Å². The molecule has 0 amide bonds. The molecule has 0 bridgehead atoms. The molecule has 1 aromatic heterocycles. The Labute approximate surface area is 101 Å². The number of para-hydroxylation sites is 2. The number of aromatic nitrogens is 2. The van der Waals surface area contributed by atoms with Crippen LogP contribution < -0.4 is 9.46 Å². The summed E-state index contributed by atoms with van der Waals surface area (Å²) in [4.78, 5) is 0. The first-order valence-corrected chi connectivity index (χ1v) is 6.14. The van der Waals surface area contributed by atoms with Crippen LogP contribution in [0.15, 0.2) is 24.3 Å². The highest BCUT2D eigenvalue weighted by Gasteiger charge is 2.25. The summed E-state index contributed by atoms with van der Waals surface area (Å²) in [6.45, 7) is 1.87. The molecule has 0 N–H and O–H groups in total. The second-order valence-corrected chi connectivity index (χ2v) is 4.02. The van der Waals surface area contributed by atoms with Crippen LogP contribution in [0.25, 0.3) is 11.0 Å². The van der Waals surface area contributed by atoms with Gasteiger partial charge in [0.05, 0.1) is 5.33 Å². The molecular formula is C11H11BrN2O2. The normalized spacial score (nSPS) is 10.9. The van der Waals surface area contributed by atoms with Crippen LogP contribution in [0, 0.1) is 10.4 Å². The Morgan fingerprint density at radius 3 is 2.00 bits per heavy atom. The first-order chi connectivity index (χ1) is 7.70. The minimum Gasteiger partial charge on any atom is -0.618 e. The van der Waals surface area contributed by atoms with Gasteiger partial charge in [0, 0.05) is 18.6 Å². The molecule has 0 spiro atoms. The molecule has 0 radical (unpaired) electrons. The van der Waals surface area contributed by atoms with Gasteiger partial charge in [0.2, 0.25) is 0 Å². The molecule has 1 heterocycles. The van der Waals surface area contributed by atoms with Crippen molar-refractivity contribution in [2.45, 2.75) is 18.7 Å². The van der Waals surface area contributed by atoms with Crippen LogP contribution in [0.1, 0.15) is 18.3 Å². The average Bonchev–Trinajstić information content (AvgIpc) is 2.33. The summed E-state index contributed by atoms with van der Waals surface area (Å²) in [7, 11) is 0. The summed E-state index contributed by atoms with van der Waals surface area (Å²) >= 11 is 3.25. The molecule has 0 saturated carbocycles. The molecule has 0 aliphatic rings. The van der Waals surface area contributed by atoms with Crippen LogP contribution in [0.5, 0.6) is 0 Å². The Morgan fingerprint density at radius 1 is 1.06 bits per heavy atom. The Morgan fingerprint density at radius 2 is 1.56 bits per heavy atom. The van der Waals surface area contributed by atoms with Crippen molar-refractivity contribution < 1.29 is 9.46 Å². The predicted molar refractivity (Wildman–Crippen MR) is 63.9 cm³/mol. The Bertz CT molecular complexity index is 494. The average molecular weight is 283 g/mol. The Balaban J connectivity index is 2.93. The molecule has 1 aromatic carbocycles. The number of fused-ring (bicyclic) bond motifs is 1. The lowest BCUT2D eigenvalue weighted by molar-refractivity contribution is -0.639. The monoisotopic (exact) mass is 282 g/mol. The number of alkyl halides is 1. The molecule has 0 atom stereocenters. The van der Waals surface area contributed by atoms with Gasteiger partial charge in [-0.15, -0.1) is 0 Å². The second-order valence-electron chi connectivity index (χ2n) is 3.46. The maximum absolute atomic E-state index is 12.0. The first-order valence-electron chi connectivity index (χ1n) is 5.02. The summed E-state index contributed by atoms with van der Waals surface area (Å²) in [6.07, 6.45) is 0.539. The van der Waals surface area contributed by atoms with E-state index in [-0.39, 0.29) is 0 Å². The van der Waals surface area contributed by atoms with E-state index in [0.29, 0.717) is 34.2 Å². The fourth-order valence-electron chi connectivity index (χ4n) is 1.81. The van der Waals surface area contributed by atoms with Crippen molar-refractivity contribution >= 4 is 27.0 Å². The second kappa shape index (κ2) is 4.25. The van der Waals surface area contributed by atoms with E-state index >= 15 is 0 Å². The van der Waals surface area contributed by atoms with E-state index in [1.54, 1.807) is 24.3 Å². The fourth-order valence-corrected chi connectivity index (χ4v) is 2.36. The molecular weight excluding hydrogens is 272 g/mol. The maximum Gasteiger partial charge on any atom is 0.290 e. The number of benzene rings is 1. The van der Waals surface area contributed by atoms with Crippen molar-refractivity contribution in [1.29, 1.82) is 0 Å². The van der Waals surface area contributed by atoms with Gasteiger partial charge in [0.25, 0.3) is 22.4 Å². The van der Waals surface area contributed by atoms with Crippen molar-refractivity contribution in [3.05, 3.63) is 46.1 Å². The van der Waals surface area contributed by atoms with E-state index in [2.05, 4.69) is 15.9 Å². The zero-order chi connectivity index (χ0) is 11.7. The molecule has 16 heavy (non-hydrogen) atoms. The predicted octanol–water partition coefficient (Wildman–Crippen LogP) is 1.56. The molecule has 0 aliphatic heterocycles. The van der Waals surface area contributed by atoms with E-state index in [1.807, 2.05) is 6.92 Å². The highest BCUT2D eigenvalue weighted by atomic mass is 79.9. The van der Waals surface area contributed by atoms with Gasteiger partial charge in [-0.1, -0.05) is 35.0 Å². The fraction of sp³-hybridized carbons (Fsp3) is 0.273. The molecule has 4 nitrogen and oxygen atoms in total. The quantitative estimate of drug-likeness (QED) is 0.477. The molecule has 84 valence electrons. The third kappa shape index (κ3) is 1.51. The summed E-state index contributed by atoms with van der Waals surface area (Å²) in [5, 5.41) is 24.4. The van der Waals surface area contributed by atoms with Crippen LogP contribution in [-0.4, -0.2) is 0 Å². The van der Waals surface area contributed by atoms with Gasteiger partial charge < -0.3 is 10.4 Å². The van der Waals surface area contributed by atoms with E-state index in [1.165, 1.54) is 0 Å². The van der Waals surface area contributed by atoms with E-state index < -0.39 is 0 Å². The molecule has 0 unspecified atom stereocenters. The summed E-state index contributed by atoms with van der Waals surface area (Å²) < 4.78 is 1.68. The molecule has 2 aromatic rings. The number of rotatable bonds is 2. The zero-order valence-corrected chi connectivity index (χ0v) is 10.4. The van der Waals surface area contributed by atoms with Crippen LogP contribution >= 0.6 is 15.9 Å². The third-order valence-corrected chi connectivity index (χ3v) is 3.14. The highest BCUT2D eigenvalue weighted by molar-refractivity contribution is 9.08. The van der Waals surface area contributed by atoms with Gasteiger partial charge in [-0.3, -0.25) is 0 Å². The number of nitrogens with zero attached hydrogens (tertiary/aromatic N) is 2. The molecule has 0 aliphatic carbocycles. The first kappa shape index (κ1) is 11.1. The van der Waals surface area contributed by atoms with Gasteiger partial charge in [0.15, 0.2) is 0 Å². The van der Waals surface area contributed by atoms with Crippen LogP contribution in [-0.2, 0) is 11.8 Å².